The van der Waals surface area contributed by atoms with Gasteiger partial charge in [0.1, 0.15) is 0 Å². The molecular formula is C30H34N4O3. The van der Waals surface area contributed by atoms with Crippen LogP contribution >= 0.6 is 0 Å². The van der Waals surface area contributed by atoms with E-state index in [0.717, 1.165) is 39.0 Å². The number of amides is 3. The van der Waals surface area contributed by atoms with Crippen molar-refractivity contribution in [3.05, 3.63) is 102 Å². The fraction of sp³-hybridized carbons (Fsp3) is 0.367. The SMILES string of the molecule is CCCOC1(c2ccccc2)CCN(CCN2C(=O)NC(c3ccccc3)(c3ccccn3)C2=O)CC1. The number of benzene rings is 2. The van der Waals surface area contributed by atoms with Crippen LogP contribution in [0.25, 0.3) is 0 Å². The van der Waals surface area contributed by atoms with Crippen molar-refractivity contribution in [3.8, 4) is 0 Å². The lowest BCUT2D eigenvalue weighted by Gasteiger charge is -2.42. The fourth-order valence-electron chi connectivity index (χ4n) is 5.50. The number of nitrogens with zero attached hydrogens (tertiary/aromatic N) is 3. The van der Waals surface area contributed by atoms with Gasteiger partial charge in [0.05, 0.1) is 11.3 Å². The van der Waals surface area contributed by atoms with E-state index in [1.54, 1.807) is 18.3 Å². The van der Waals surface area contributed by atoms with Gasteiger partial charge < -0.3 is 15.0 Å². The molecule has 2 saturated heterocycles. The summed E-state index contributed by atoms with van der Waals surface area (Å²) < 4.78 is 6.43. The largest absolute Gasteiger partial charge is 0.370 e. The number of urea groups is 1. The molecule has 3 heterocycles. The van der Waals surface area contributed by atoms with Crippen molar-refractivity contribution in [3.63, 3.8) is 0 Å². The second-order valence-electron chi connectivity index (χ2n) is 9.77. The molecule has 2 aliphatic rings. The maximum absolute atomic E-state index is 13.9. The lowest BCUT2D eigenvalue weighted by Crippen LogP contribution is -2.48. The van der Waals surface area contributed by atoms with Crippen molar-refractivity contribution in [1.29, 1.82) is 0 Å². The van der Waals surface area contributed by atoms with E-state index in [4.69, 9.17) is 4.74 Å². The molecule has 7 nitrogen and oxygen atoms in total. The second kappa shape index (κ2) is 10.8. The van der Waals surface area contributed by atoms with E-state index < -0.39 is 5.54 Å². The van der Waals surface area contributed by atoms with Crippen molar-refractivity contribution in [2.75, 3.05) is 32.8 Å². The van der Waals surface area contributed by atoms with Crippen molar-refractivity contribution < 1.29 is 14.3 Å². The number of likely N-dealkylation sites (tertiary alicyclic amines) is 1. The maximum Gasteiger partial charge on any atom is 0.325 e. The smallest absolute Gasteiger partial charge is 0.325 e. The zero-order valence-electron chi connectivity index (χ0n) is 21.3. The van der Waals surface area contributed by atoms with E-state index in [1.165, 1.54) is 10.5 Å². The number of hydrogen-bond acceptors (Lipinski definition) is 5. The summed E-state index contributed by atoms with van der Waals surface area (Å²) >= 11 is 0. The van der Waals surface area contributed by atoms with Gasteiger partial charge in [-0.05, 0) is 42.5 Å². The maximum atomic E-state index is 13.9. The number of aromatic nitrogens is 1. The number of carbonyl (C=O) groups is 2. The van der Waals surface area contributed by atoms with Crippen molar-refractivity contribution in [2.45, 2.75) is 37.3 Å². The number of piperidine rings is 1. The van der Waals surface area contributed by atoms with E-state index >= 15 is 0 Å². The van der Waals surface area contributed by atoms with Crippen LogP contribution in [-0.2, 0) is 20.7 Å². The zero-order chi connectivity index (χ0) is 25.7. The van der Waals surface area contributed by atoms with Gasteiger partial charge in [-0.15, -0.1) is 0 Å². The van der Waals surface area contributed by atoms with Crippen LogP contribution in [0.5, 0.6) is 0 Å². The molecule has 3 amide bonds. The standard InChI is InChI=1S/C30H34N4O3/c1-2-23-37-29(24-11-5-3-6-12-24)16-19-33(20-17-29)21-22-34-27(35)30(32-28(34)36,25-13-7-4-8-14-25)26-15-9-10-18-31-26/h3-15,18H,2,16-17,19-23H2,1H3,(H,32,36). The number of rotatable bonds is 9. The first-order chi connectivity index (χ1) is 18.1. The first-order valence-electron chi connectivity index (χ1n) is 13.1. The van der Waals surface area contributed by atoms with E-state index in [0.29, 0.717) is 24.3 Å². The summed E-state index contributed by atoms with van der Waals surface area (Å²) in [6, 6.07) is 24.9. The Kier molecular flexibility index (Phi) is 7.35. The normalized spacial score (nSPS) is 21.7. The fourth-order valence-corrected chi connectivity index (χ4v) is 5.50. The number of hydrogen-bond donors (Lipinski definition) is 1. The van der Waals surface area contributed by atoms with Gasteiger partial charge in [-0.2, -0.15) is 0 Å². The molecule has 0 radical (unpaired) electrons. The molecule has 5 rings (SSSR count). The third-order valence-corrected chi connectivity index (χ3v) is 7.55. The van der Waals surface area contributed by atoms with Gasteiger partial charge in [-0.3, -0.25) is 14.7 Å². The van der Waals surface area contributed by atoms with Crippen LogP contribution in [0.2, 0.25) is 0 Å². The van der Waals surface area contributed by atoms with Gasteiger partial charge in [-0.1, -0.05) is 73.7 Å². The van der Waals surface area contributed by atoms with Crippen LogP contribution in [0.15, 0.2) is 85.1 Å². The number of pyridine rings is 1. The van der Waals surface area contributed by atoms with Gasteiger partial charge in [-0.25, -0.2) is 4.79 Å². The first-order valence-corrected chi connectivity index (χ1v) is 13.1. The third kappa shape index (κ3) is 4.77. The third-order valence-electron chi connectivity index (χ3n) is 7.55. The van der Waals surface area contributed by atoms with Crippen LogP contribution < -0.4 is 5.32 Å². The Labute approximate surface area is 218 Å². The summed E-state index contributed by atoms with van der Waals surface area (Å²) in [4.78, 5) is 35.2. The summed E-state index contributed by atoms with van der Waals surface area (Å²) in [7, 11) is 0. The summed E-state index contributed by atoms with van der Waals surface area (Å²) in [6.07, 6.45) is 4.37. The van der Waals surface area contributed by atoms with Crippen LogP contribution in [0, 0.1) is 0 Å². The Balaban J connectivity index is 1.30. The number of nitrogens with one attached hydrogen (secondary N) is 1. The molecule has 2 aromatic carbocycles. The highest BCUT2D eigenvalue weighted by Crippen LogP contribution is 2.38. The number of carbonyl (C=O) groups excluding carboxylic acids is 2. The van der Waals surface area contributed by atoms with Crippen LogP contribution in [0.1, 0.15) is 43.0 Å². The molecule has 0 aliphatic carbocycles. The van der Waals surface area contributed by atoms with Gasteiger partial charge in [0, 0.05) is 39.0 Å². The van der Waals surface area contributed by atoms with Gasteiger partial charge in [0.25, 0.3) is 5.91 Å². The Morgan fingerprint density at radius 1 is 0.865 bits per heavy atom. The van der Waals surface area contributed by atoms with E-state index in [-0.39, 0.29) is 17.5 Å². The molecule has 0 saturated carbocycles. The minimum atomic E-state index is -1.32. The summed E-state index contributed by atoms with van der Waals surface area (Å²) in [5.74, 6) is -0.288. The predicted octanol–water partition coefficient (Wildman–Crippen LogP) is 4.29. The highest BCUT2D eigenvalue weighted by Gasteiger charge is 2.54. The molecular weight excluding hydrogens is 464 g/mol. The Hall–Kier alpha value is -3.55. The molecule has 1 atom stereocenters. The molecule has 0 spiro atoms. The number of ether oxygens (including phenoxy) is 1. The Bertz CT molecular complexity index is 1160. The van der Waals surface area contributed by atoms with Crippen LogP contribution in [-0.4, -0.2) is 59.5 Å². The molecule has 2 fully saturated rings. The lowest BCUT2D eigenvalue weighted by atomic mass is 9.84. The molecule has 1 unspecified atom stereocenters. The predicted molar refractivity (Wildman–Crippen MR) is 142 cm³/mol. The molecule has 1 N–H and O–H groups in total. The first kappa shape index (κ1) is 25.1. The van der Waals surface area contributed by atoms with Gasteiger partial charge in [0.15, 0.2) is 5.54 Å². The molecule has 192 valence electrons. The van der Waals surface area contributed by atoms with E-state index in [1.807, 2.05) is 42.5 Å². The quantitative estimate of drug-likeness (QED) is 0.446. The summed E-state index contributed by atoms with van der Waals surface area (Å²) in [5, 5.41) is 2.98. The lowest BCUT2D eigenvalue weighted by molar-refractivity contribution is -0.130. The molecule has 37 heavy (non-hydrogen) atoms. The van der Waals surface area contributed by atoms with Crippen LogP contribution in [0.4, 0.5) is 4.79 Å². The average molecular weight is 499 g/mol. The Morgan fingerprint density at radius 2 is 1.51 bits per heavy atom. The van der Waals surface area contributed by atoms with Gasteiger partial charge >= 0.3 is 6.03 Å². The minimum Gasteiger partial charge on any atom is -0.370 e. The highest BCUT2D eigenvalue weighted by atomic mass is 16.5. The second-order valence-corrected chi connectivity index (χ2v) is 9.77. The molecule has 3 aromatic rings. The van der Waals surface area contributed by atoms with Crippen molar-refractivity contribution >= 4 is 11.9 Å². The molecule has 7 heteroatoms. The Morgan fingerprint density at radius 3 is 2.14 bits per heavy atom. The minimum absolute atomic E-state index is 0.282. The molecule has 2 aliphatic heterocycles. The van der Waals surface area contributed by atoms with Crippen molar-refractivity contribution in [2.24, 2.45) is 0 Å². The highest BCUT2D eigenvalue weighted by molar-refractivity contribution is 6.09. The van der Waals surface area contributed by atoms with E-state index in [9.17, 15) is 9.59 Å². The summed E-state index contributed by atoms with van der Waals surface area (Å²) in [5.41, 5.74) is 0.836. The van der Waals surface area contributed by atoms with Crippen LogP contribution in [0.3, 0.4) is 0 Å². The monoisotopic (exact) mass is 498 g/mol. The topological polar surface area (TPSA) is 74.8 Å². The number of imide groups is 1. The average Bonchev–Trinajstić information content (AvgIpc) is 3.22. The summed E-state index contributed by atoms with van der Waals surface area (Å²) in [6.45, 7) is 5.47. The zero-order valence-corrected chi connectivity index (χ0v) is 21.3. The van der Waals surface area contributed by atoms with Crippen molar-refractivity contribution in [1.82, 2.24) is 20.1 Å². The molecule has 0 bridgehead atoms. The molecule has 1 aromatic heterocycles. The van der Waals surface area contributed by atoms with E-state index in [2.05, 4.69) is 46.4 Å². The van der Waals surface area contributed by atoms with Gasteiger partial charge in [0.2, 0.25) is 0 Å².